The van der Waals surface area contributed by atoms with E-state index >= 15 is 0 Å². The highest BCUT2D eigenvalue weighted by molar-refractivity contribution is 5.95. The molecule has 0 spiro atoms. The van der Waals surface area contributed by atoms with E-state index in [0.717, 1.165) is 12.8 Å². The smallest absolute Gasteiger partial charge is 0.269 e. The maximum atomic E-state index is 12.7. The van der Waals surface area contributed by atoms with Gasteiger partial charge in [-0.05, 0) is 49.9 Å². The number of hydrazine groups is 1. The van der Waals surface area contributed by atoms with E-state index in [-0.39, 0.29) is 5.56 Å². The fraction of sp³-hybridized carbons (Fsp3) is 0.429. The number of benzene rings is 1. The summed E-state index contributed by atoms with van der Waals surface area (Å²) in [6.45, 7) is 2.20. The summed E-state index contributed by atoms with van der Waals surface area (Å²) in [5.74, 6) is -0.777. The summed E-state index contributed by atoms with van der Waals surface area (Å²) in [5.41, 5.74) is 4.81. The number of nitrogens with one attached hydrogen (secondary N) is 2. The Morgan fingerprint density at radius 1 is 1.30 bits per heavy atom. The number of amides is 2. The van der Waals surface area contributed by atoms with Crippen LogP contribution in [0.2, 0.25) is 0 Å². The zero-order valence-corrected chi connectivity index (χ0v) is 11.2. The van der Waals surface area contributed by atoms with Crippen LogP contribution in [-0.2, 0) is 9.53 Å². The molecular weight excluding hydrogens is 263 g/mol. The van der Waals surface area contributed by atoms with Gasteiger partial charge in [0, 0.05) is 5.56 Å². The number of carbonyl (C=O) groups is 2. The van der Waals surface area contributed by atoms with Crippen LogP contribution in [0.3, 0.4) is 0 Å². The fourth-order valence-corrected chi connectivity index (χ4v) is 1.53. The largest absolute Gasteiger partial charge is 0.368 e. The van der Waals surface area contributed by atoms with E-state index in [1.165, 1.54) is 24.3 Å². The molecule has 108 valence electrons. The Labute approximate surface area is 116 Å². The summed E-state index contributed by atoms with van der Waals surface area (Å²) in [6, 6.07) is 5.03. The minimum absolute atomic E-state index is 0.262. The molecule has 5 nitrogen and oxygen atoms in total. The number of halogens is 1. The molecule has 1 aromatic rings. The van der Waals surface area contributed by atoms with E-state index in [1.807, 2.05) is 0 Å². The zero-order valence-electron chi connectivity index (χ0n) is 11.2. The normalized spacial score (nSPS) is 15.5. The summed E-state index contributed by atoms with van der Waals surface area (Å²) in [5, 5.41) is 0. The van der Waals surface area contributed by atoms with E-state index < -0.39 is 23.7 Å². The average molecular weight is 280 g/mol. The number of carbonyl (C=O) groups excluding carboxylic acids is 2. The molecule has 1 fully saturated rings. The monoisotopic (exact) mass is 280 g/mol. The molecule has 2 rings (SSSR count). The van der Waals surface area contributed by atoms with E-state index in [9.17, 15) is 14.0 Å². The van der Waals surface area contributed by atoms with Crippen LogP contribution in [0.25, 0.3) is 0 Å². The van der Waals surface area contributed by atoms with Crippen molar-refractivity contribution in [3.05, 3.63) is 35.6 Å². The molecule has 1 aliphatic carbocycles. The predicted octanol–water partition coefficient (Wildman–Crippen LogP) is 1.40. The number of hydrogen-bond donors (Lipinski definition) is 2. The van der Waals surface area contributed by atoms with E-state index in [0.29, 0.717) is 12.5 Å². The third-order valence-electron chi connectivity index (χ3n) is 3.05. The lowest BCUT2D eigenvalue weighted by atomic mass is 10.2. The van der Waals surface area contributed by atoms with Crippen molar-refractivity contribution in [2.45, 2.75) is 25.9 Å². The third-order valence-corrected chi connectivity index (χ3v) is 3.05. The molecule has 1 atom stereocenters. The van der Waals surface area contributed by atoms with Crippen LogP contribution in [0.4, 0.5) is 4.39 Å². The first-order valence-corrected chi connectivity index (χ1v) is 6.53. The van der Waals surface area contributed by atoms with Crippen LogP contribution < -0.4 is 10.9 Å². The van der Waals surface area contributed by atoms with Gasteiger partial charge in [0.1, 0.15) is 11.9 Å². The molecule has 0 saturated heterocycles. The van der Waals surface area contributed by atoms with Crippen LogP contribution in [0, 0.1) is 11.7 Å². The summed E-state index contributed by atoms with van der Waals surface area (Å²) < 4.78 is 18.1. The van der Waals surface area contributed by atoms with Crippen LogP contribution in [-0.4, -0.2) is 24.5 Å². The first-order chi connectivity index (χ1) is 9.56. The minimum Gasteiger partial charge on any atom is -0.368 e. The standard InChI is InChI=1S/C14H17FN2O3/c1-9(20-8-10-2-3-10)13(18)16-17-14(19)11-4-6-12(15)7-5-11/h4-7,9-10H,2-3,8H2,1H3,(H,16,18)(H,17,19). The van der Waals surface area contributed by atoms with Crippen LogP contribution >= 0.6 is 0 Å². The lowest BCUT2D eigenvalue weighted by Gasteiger charge is -2.13. The highest BCUT2D eigenvalue weighted by Gasteiger charge is 2.24. The first kappa shape index (κ1) is 14.5. The zero-order chi connectivity index (χ0) is 14.5. The second-order valence-electron chi connectivity index (χ2n) is 4.87. The van der Waals surface area contributed by atoms with Crippen LogP contribution in [0.1, 0.15) is 30.1 Å². The van der Waals surface area contributed by atoms with Crippen molar-refractivity contribution in [1.82, 2.24) is 10.9 Å². The van der Waals surface area contributed by atoms with Crippen molar-refractivity contribution in [3.63, 3.8) is 0 Å². The molecule has 1 aromatic carbocycles. The highest BCUT2D eigenvalue weighted by atomic mass is 19.1. The van der Waals surface area contributed by atoms with Crippen molar-refractivity contribution in [2.75, 3.05) is 6.61 Å². The van der Waals surface area contributed by atoms with Gasteiger partial charge in [-0.1, -0.05) is 0 Å². The SMILES string of the molecule is CC(OCC1CC1)C(=O)NNC(=O)c1ccc(F)cc1. The van der Waals surface area contributed by atoms with Crippen molar-refractivity contribution in [1.29, 1.82) is 0 Å². The molecule has 1 saturated carbocycles. The van der Waals surface area contributed by atoms with Gasteiger partial charge in [0.15, 0.2) is 0 Å². The molecule has 0 aliphatic heterocycles. The number of ether oxygens (including phenoxy) is 1. The topological polar surface area (TPSA) is 67.4 Å². The molecular formula is C14H17FN2O3. The van der Waals surface area contributed by atoms with Gasteiger partial charge in [0.25, 0.3) is 11.8 Å². The molecule has 1 aliphatic rings. The molecule has 2 amide bonds. The lowest BCUT2D eigenvalue weighted by molar-refractivity contribution is -0.132. The number of hydrogen-bond acceptors (Lipinski definition) is 3. The fourth-order valence-electron chi connectivity index (χ4n) is 1.53. The second-order valence-corrected chi connectivity index (χ2v) is 4.87. The molecule has 0 heterocycles. The van der Waals surface area contributed by atoms with Crippen molar-refractivity contribution in [3.8, 4) is 0 Å². The van der Waals surface area contributed by atoms with Gasteiger partial charge in [0.2, 0.25) is 0 Å². The van der Waals surface area contributed by atoms with Crippen molar-refractivity contribution < 1.29 is 18.7 Å². The van der Waals surface area contributed by atoms with Crippen LogP contribution in [0.15, 0.2) is 24.3 Å². The van der Waals surface area contributed by atoms with Crippen molar-refractivity contribution in [2.24, 2.45) is 5.92 Å². The minimum atomic E-state index is -0.621. The van der Waals surface area contributed by atoms with Gasteiger partial charge in [-0.2, -0.15) is 0 Å². The Bertz CT molecular complexity index is 486. The Morgan fingerprint density at radius 3 is 2.55 bits per heavy atom. The Kier molecular flexibility index (Phi) is 4.68. The maximum absolute atomic E-state index is 12.7. The molecule has 2 N–H and O–H groups in total. The average Bonchev–Trinajstić information content (AvgIpc) is 3.26. The summed E-state index contributed by atoms with van der Waals surface area (Å²) in [7, 11) is 0. The van der Waals surface area contributed by atoms with Gasteiger partial charge in [-0.3, -0.25) is 20.4 Å². The van der Waals surface area contributed by atoms with Gasteiger partial charge >= 0.3 is 0 Å². The first-order valence-electron chi connectivity index (χ1n) is 6.53. The van der Waals surface area contributed by atoms with E-state index in [2.05, 4.69) is 10.9 Å². The lowest BCUT2D eigenvalue weighted by Crippen LogP contribution is -2.46. The molecule has 6 heteroatoms. The van der Waals surface area contributed by atoms with Gasteiger partial charge in [0.05, 0.1) is 6.61 Å². The van der Waals surface area contributed by atoms with E-state index in [4.69, 9.17) is 4.74 Å². The molecule has 0 aromatic heterocycles. The summed E-state index contributed by atoms with van der Waals surface area (Å²) in [6.07, 6.45) is 1.68. The van der Waals surface area contributed by atoms with Gasteiger partial charge in [-0.15, -0.1) is 0 Å². The quantitative estimate of drug-likeness (QED) is 0.801. The molecule has 20 heavy (non-hydrogen) atoms. The molecule has 0 bridgehead atoms. The Balaban J connectivity index is 1.74. The van der Waals surface area contributed by atoms with E-state index in [1.54, 1.807) is 6.92 Å². The summed E-state index contributed by atoms with van der Waals surface area (Å²) in [4.78, 5) is 23.3. The highest BCUT2D eigenvalue weighted by Crippen LogP contribution is 2.29. The van der Waals surface area contributed by atoms with Gasteiger partial charge < -0.3 is 4.74 Å². The van der Waals surface area contributed by atoms with Gasteiger partial charge in [-0.25, -0.2) is 4.39 Å². The number of rotatable bonds is 5. The summed E-state index contributed by atoms with van der Waals surface area (Å²) >= 11 is 0. The van der Waals surface area contributed by atoms with Crippen LogP contribution in [0.5, 0.6) is 0 Å². The van der Waals surface area contributed by atoms with Crippen molar-refractivity contribution >= 4 is 11.8 Å². The Morgan fingerprint density at radius 2 is 1.95 bits per heavy atom. The second kappa shape index (κ2) is 6.47. The Hall–Kier alpha value is -1.95. The predicted molar refractivity (Wildman–Crippen MR) is 70.1 cm³/mol. The third kappa shape index (κ3) is 4.31. The maximum Gasteiger partial charge on any atom is 0.269 e. The molecule has 1 unspecified atom stereocenters. The molecule has 0 radical (unpaired) electrons.